The molecule has 4 N–H and O–H groups in total. The fourth-order valence-electron chi connectivity index (χ4n) is 0.161. The molecule has 7 nitrogen and oxygen atoms in total. The lowest BCUT2D eigenvalue weighted by atomic mass is 10.7. The molecule has 0 aromatic heterocycles. The monoisotopic (exact) mass is 164 g/mol. The van der Waals surface area contributed by atoms with Crippen LogP contribution in [0.25, 0.3) is 0 Å². The first-order valence-corrected chi connectivity index (χ1v) is 2.67. The van der Waals surface area contributed by atoms with E-state index in [1.807, 2.05) is 0 Å². The summed E-state index contributed by atoms with van der Waals surface area (Å²) in [5, 5.41) is 3.68. The first kappa shape index (κ1) is 9.82. The number of rotatable bonds is 4. The fraction of sp³-hybridized carbons (Fsp3) is 0.500. The van der Waals surface area contributed by atoms with Gasteiger partial charge in [-0.05, 0) is 0 Å². The van der Waals surface area contributed by atoms with Crippen molar-refractivity contribution < 1.29 is 24.4 Å². The van der Waals surface area contributed by atoms with Gasteiger partial charge in [0.2, 0.25) is 0 Å². The summed E-state index contributed by atoms with van der Waals surface area (Å²) in [5.41, 5.74) is 9.60. The second kappa shape index (κ2) is 5.59. The lowest BCUT2D eigenvalue weighted by Gasteiger charge is -1.98. The summed E-state index contributed by atoms with van der Waals surface area (Å²) in [5.74, 6) is -1.70. The standard InChI is InChI=1S/C4H8N2O5/c5-1-3(7)9-11-10-4(8)2-6/h1-2,5-6H2. The Hall–Kier alpha value is -1.18. The molecule has 0 unspecified atom stereocenters. The zero-order valence-corrected chi connectivity index (χ0v) is 5.61. The largest absolute Gasteiger partial charge is 0.360 e. The zero-order valence-electron chi connectivity index (χ0n) is 5.61. The van der Waals surface area contributed by atoms with E-state index in [1.165, 1.54) is 0 Å². The van der Waals surface area contributed by atoms with Gasteiger partial charge in [0.05, 0.1) is 13.1 Å². The summed E-state index contributed by atoms with van der Waals surface area (Å²) in [7, 11) is 0. The average Bonchev–Trinajstić information content (AvgIpc) is 2.04. The third kappa shape index (κ3) is 5.27. The van der Waals surface area contributed by atoms with Crippen LogP contribution in [0.15, 0.2) is 0 Å². The Bertz CT molecular complexity index is 131. The van der Waals surface area contributed by atoms with E-state index in [-0.39, 0.29) is 13.1 Å². The highest BCUT2D eigenvalue weighted by atomic mass is 17.5. The van der Waals surface area contributed by atoms with Gasteiger partial charge in [0, 0.05) is 5.04 Å². The first-order chi connectivity index (χ1) is 5.20. The van der Waals surface area contributed by atoms with Gasteiger partial charge in [-0.1, -0.05) is 0 Å². The van der Waals surface area contributed by atoms with Gasteiger partial charge in [0.15, 0.2) is 0 Å². The maximum absolute atomic E-state index is 10.2. The summed E-state index contributed by atoms with van der Waals surface area (Å²) in [6, 6.07) is 0. The molecule has 0 radical (unpaired) electrons. The molecule has 0 aliphatic carbocycles. The van der Waals surface area contributed by atoms with Crippen molar-refractivity contribution >= 4 is 11.9 Å². The van der Waals surface area contributed by atoms with Gasteiger partial charge in [-0.25, -0.2) is 9.59 Å². The van der Waals surface area contributed by atoms with Crippen LogP contribution in [0.5, 0.6) is 0 Å². The van der Waals surface area contributed by atoms with Crippen molar-refractivity contribution in [3.8, 4) is 0 Å². The van der Waals surface area contributed by atoms with Crippen LogP contribution in [-0.2, 0) is 24.4 Å². The van der Waals surface area contributed by atoms with Crippen molar-refractivity contribution in [2.24, 2.45) is 11.5 Å². The van der Waals surface area contributed by atoms with E-state index in [1.54, 1.807) is 0 Å². The van der Waals surface area contributed by atoms with Crippen molar-refractivity contribution in [1.29, 1.82) is 0 Å². The molecule has 7 heteroatoms. The van der Waals surface area contributed by atoms with Crippen LogP contribution >= 0.6 is 0 Å². The summed E-state index contributed by atoms with van der Waals surface area (Å²) >= 11 is 0. The van der Waals surface area contributed by atoms with E-state index in [0.29, 0.717) is 0 Å². The van der Waals surface area contributed by atoms with Crippen molar-refractivity contribution in [3.63, 3.8) is 0 Å². The predicted molar refractivity (Wildman–Crippen MR) is 31.4 cm³/mol. The molecule has 0 spiro atoms. The Morgan fingerprint density at radius 1 is 1.00 bits per heavy atom. The highest BCUT2D eigenvalue weighted by Crippen LogP contribution is 1.81. The number of carbonyl (C=O) groups is 2. The van der Waals surface area contributed by atoms with Crippen LogP contribution in [0.1, 0.15) is 0 Å². The molecule has 0 amide bonds. The molecule has 0 aromatic rings. The van der Waals surface area contributed by atoms with Crippen LogP contribution in [-0.4, -0.2) is 25.0 Å². The van der Waals surface area contributed by atoms with E-state index >= 15 is 0 Å². The van der Waals surface area contributed by atoms with E-state index in [0.717, 1.165) is 0 Å². The lowest BCUT2D eigenvalue weighted by Crippen LogP contribution is -2.21. The normalized spacial score (nSPS) is 8.91. The zero-order chi connectivity index (χ0) is 8.69. The lowest BCUT2D eigenvalue weighted by molar-refractivity contribution is -0.458. The van der Waals surface area contributed by atoms with Crippen LogP contribution in [0.3, 0.4) is 0 Å². The molecule has 0 aromatic carbocycles. The SMILES string of the molecule is NCC(=O)OOOC(=O)CN. The number of carbonyl (C=O) groups excluding carboxylic acids is 2. The van der Waals surface area contributed by atoms with Gasteiger partial charge in [-0.3, -0.25) is 9.78 Å². The quantitative estimate of drug-likeness (QED) is 0.359. The van der Waals surface area contributed by atoms with Gasteiger partial charge < -0.3 is 11.5 Å². The Kier molecular flexibility index (Phi) is 4.99. The van der Waals surface area contributed by atoms with E-state index in [4.69, 9.17) is 11.5 Å². The minimum atomic E-state index is -0.852. The third-order valence-electron chi connectivity index (χ3n) is 0.587. The van der Waals surface area contributed by atoms with Crippen molar-refractivity contribution in [2.45, 2.75) is 0 Å². The average molecular weight is 164 g/mol. The summed E-state index contributed by atoms with van der Waals surface area (Å²) in [6.45, 7) is -0.722. The molecule has 0 atom stereocenters. The smallest absolute Gasteiger partial charge is 0.321 e. The van der Waals surface area contributed by atoms with Crippen molar-refractivity contribution in [1.82, 2.24) is 0 Å². The van der Waals surface area contributed by atoms with E-state index in [2.05, 4.69) is 14.8 Å². The second-order valence-corrected chi connectivity index (χ2v) is 1.39. The molecule has 0 saturated heterocycles. The molecule has 0 fully saturated rings. The van der Waals surface area contributed by atoms with Gasteiger partial charge in [-0.2, -0.15) is 0 Å². The molecule has 0 aliphatic heterocycles. The summed E-state index contributed by atoms with van der Waals surface area (Å²) < 4.78 is 0. The molecular weight excluding hydrogens is 156 g/mol. The molecular formula is C4H8N2O5. The Labute approximate surface area is 62.0 Å². The summed E-state index contributed by atoms with van der Waals surface area (Å²) in [6.07, 6.45) is 0. The molecule has 0 bridgehead atoms. The fourth-order valence-corrected chi connectivity index (χ4v) is 0.161. The van der Waals surface area contributed by atoms with Crippen LogP contribution in [0.4, 0.5) is 0 Å². The molecule has 0 aliphatic rings. The molecule has 0 saturated carbocycles. The highest BCUT2D eigenvalue weighted by molar-refractivity contribution is 5.71. The van der Waals surface area contributed by atoms with E-state index in [9.17, 15) is 9.59 Å². The summed E-state index contributed by atoms with van der Waals surface area (Å²) in [4.78, 5) is 28.0. The molecule has 11 heavy (non-hydrogen) atoms. The van der Waals surface area contributed by atoms with Crippen LogP contribution < -0.4 is 11.5 Å². The maximum Gasteiger partial charge on any atom is 0.360 e. The van der Waals surface area contributed by atoms with Crippen LogP contribution in [0.2, 0.25) is 0 Å². The van der Waals surface area contributed by atoms with Crippen molar-refractivity contribution in [3.05, 3.63) is 0 Å². The Morgan fingerprint density at radius 2 is 1.36 bits per heavy atom. The topological polar surface area (TPSA) is 114 Å². The van der Waals surface area contributed by atoms with Crippen LogP contribution in [0, 0.1) is 0 Å². The maximum atomic E-state index is 10.2. The Morgan fingerprint density at radius 3 is 1.64 bits per heavy atom. The number of nitrogens with two attached hydrogens (primary N) is 2. The predicted octanol–water partition coefficient (Wildman–Crippen LogP) is -2.16. The van der Waals surface area contributed by atoms with Gasteiger partial charge >= 0.3 is 11.9 Å². The van der Waals surface area contributed by atoms with Gasteiger partial charge in [0.1, 0.15) is 0 Å². The minimum absolute atomic E-state index is 0.361. The second-order valence-electron chi connectivity index (χ2n) is 1.39. The number of hydrogen-bond acceptors (Lipinski definition) is 7. The molecule has 0 rings (SSSR count). The van der Waals surface area contributed by atoms with Gasteiger partial charge in [-0.15, -0.1) is 0 Å². The minimum Gasteiger partial charge on any atom is -0.321 e. The van der Waals surface area contributed by atoms with Gasteiger partial charge in [0.25, 0.3) is 0 Å². The van der Waals surface area contributed by atoms with E-state index < -0.39 is 11.9 Å². The Balaban J connectivity index is 3.27. The third-order valence-corrected chi connectivity index (χ3v) is 0.587. The molecule has 0 heterocycles. The number of hydrogen-bond donors (Lipinski definition) is 2. The first-order valence-electron chi connectivity index (χ1n) is 2.67. The highest BCUT2D eigenvalue weighted by Gasteiger charge is 2.03. The van der Waals surface area contributed by atoms with Crippen molar-refractivity contribution in [2.75, 3.05) is 13.1 Å². The molecule has 64 valence electrons.